The molecule has 1 amide bonds. The lowest BCUT2D eigenvalue weighted by atomic mass is 10.0. The lowest BCUT2D eigenvalue weighted by Crippen LogP contribution is -2.43. The third-order valence-corrected chi connectivity index (χ3v) is 5.98. The molecule has 1 saturated heterocycles. The highest BCUT2D eigenvalue weighted by atomic mass is 32.1. The predicted molar refractivity (Wildman–Crippen MR) is 109 cm³/mol. The van der Waals surface area contributed by atoms with Gasteiger partial charge >= 0.3 is 0 Å². The molecule has 1 aliphatic rings. The number of nitrogens with one attached hydrogen (secondary N) is 1. The van der Waals surface area contributed by atoms with E-state index in [0.717, 1.165) is 35.8 Å². The van der Waals surface area contributed by atoms with Crippen molar-refractivity contribution in [3.05, 3.63) is 51.2 Å². The maximum Gasteiger partial charge on any atom is 0.263 e. The van der Waals surface area contributed by atoms with Crippen molar-refractivity contribution < 1.29 is 13.9 Å². The molecule has 0 bridgehead atoms. The van der Waals surface area contributed by atoms with Crippen LogP contribution in [0, 0.1) is 18.7 Å². The number of ether oxygens (including phenoxy) is 1. The van der Waals surface area contributed by atoms with E-state index in [1.807, 2.05) is 13.0 Å². The second kappa shape index (κ2) is 9.58. The molecule has 1 unspecified atom stereocenters. The second-order valence-corrected chi connectivity index (χ2v) is 8.63. The average molecular weight is 406 g/mol. The van der Waals surface area contributed by atoms with Crippen molar-refractivity contribution >= 4 is 17.2 Å². The van der Waals surface area contributed by atoms with Crippen molar-refractivity contribution in [1.82, 2.24) is 15.2 Å². The highest BCUT2D eigenvalue weighted by Gasteiger charge is 2.24. The summed E-state index contributed by atoms with van der Waals surface area (Å²) in [6, 6.07) is 6.52. The minimum Gasteiger partial charge on any atom is -0.379 e. The van der Waals surface area contributed by atoms with Crippen molar-refractivity contribution in [2.75, 3.05) is 32.8 Å². The molecule has 0 aliphatic carbocycles. The lowest BCUT2D eigenvalue weighted by Gasteiger charge is -2.34. The summed E-state index contributed by atoms with van der Waals surface area (Å²) in [4.78, 5) is 20.2. The third-order valence-electron chi connectivity index (χ3n) is 4.81. The molecule has 28 heavy (non-hydrogen) atoms. The first kappa shape index (κ1) is 20.9. The van der Waals surface area contributed by atoms with Crippen LogP contribution in [0.5, 0.6) is 0 Å². The number of aromatic nitrogens is 1. The van der Waals surface area contributed by atoms with E-state index in [9.17, 15) is 9.18 Å². The van der Waals surface area contributed by atoms with E-state index in [1.54, 1.807) is 12.1 Å². The number of carbonyl (C=O) groups excluding carboxylic acids is 1. The largest absolute Gasteiger partial charge is 0.379 e. The summed E-state index contributed by atoms with van der Waals surface area (Å²) in [5.41, 5.74) is 1.63. The van der Waals surface area contributed by atoms with Gasteiger partial charge in [-0.15, -0.1) is 11.3 Å². The number of nitrogens with zero attached hydrogens (tertiary/aromatic N) is 2. The van der Waals surface area contributed by atoms with Gasteiger partial charge in [0, 0.05) is 26.1 Å². The third kappa shape index (κ3) is 5.37. The Hall–Kier alpha value is -1.83. The summed E-state index contributed by atoms with van der Waals surface area (Å²) in [5.74, 6) is 0.124. The highest BCUT2D eigenvalue weighted by Crippen LogP contribution is 2.24. The molecule has 3 rings (SSSR count). The topological polar surface area (TPSA) is 54.5 Å². The van der Waals surface area contributed by atoms with Crippen molar-refractivity contribution in [3.8, 4) is 0 Å². The van der Waals surface area contributed by atoms with Crippen LogP contribution in [0.25, 0.3) is 0 Å². The Morgan fingerprint density at radius 1 is 1.36 bits per heavy atom. The first-order chi connectivity index (χ1) is 13.4. The molecule has 0 radical (unpaired) electrons. The van der Waals surface area contributed by atoms with Crippen LogP contribution in [-0.4, -0.2) is 48.6 Å². The van der Waals surface area contributed by atoms with Gasteiger partial charge in [-0.05, 0) is 30.5 Å². The van der Waals surface area contributed by atoms with Gasteiger partial charge in [-0.25, -0.2) is 9.37 Å². The zero-order valence-corrected chi connectivity index (χ0v) is 17.5. The molecule has 1 N–H and O–H groups in total. The van der Waals surface area contributed by atoms with Gasteiger partial charge < -0.3 is 10.1 Å². The Morgan fingerprint density at radius 2 is 2.11 bits per heavy atom. The monoisotopic (exact) mass is 405 g/mol. The summed E-state index contributed by atoms with van der Waals surface area (Å²) in [6.45, 7) is 9.38. The zero-order chi connectivity index (χ0) is 20.1. The number of halogens is 1. The van der Waals surface area contributed by atoms with Crippen molar-refractivity contribution in [1.29, 1.82) is 0 Å². The first-order valence-corrected chi connectivity index (χ1v) is 10.6. The second-order valence-electron chi connectivity index (χ2n) is 7.55. The average Bonchev–Trinajstić information content (AvgIpc) is 3.02. The number of hydrogen-bond donors (Lipinski definition) is 1. The van der Waals surface area contributed by atoms with E-state index in [1.165, 1.54) is 17.4 Å². The number of carbonyl (C=O) groups is 1. The molecule has 5 nitrogen and oxygen atoms in total. The fraction of sp³-hybridized carbons (Fsp3) is 0.524. The van der Waals surface area contributed by atoms with Crippen LogP contribution in [-0.2, 0) is 11.2 Å². The maximum absolute atomic E-state index is 13.8. The summed E-state index contributed by atoms with van der Waals surface area (Å²) < 4.78 is 19.2. The van der Waals surface area contributed by atoms with Crippen LogP contribution in [0.4, 0.5) is 4.39 Å². The number of rotatable bonds is 7. The quantitative estimate of drug-likeness (QED) is 0.765. The first-order valence-electron chi connectivity index (χ1n) is 9.75. The minimum atomic E-state index is -0.265. The molecule has 1 aromatic carbocycles. The van der Waals surface area contributed by atoms with Crippen molar-refractivity contribution in [2.45, 2.75) is 33.2 Å². The van der Waals surface area contributed by atoms with E-state index < -0.39 is 0 Å². The number of aryl methyl sites for hydroxylation is 1. The minimum absolute atomic E-state index is 0.0908. The van der Waals surface area contributed by atoms with Crippen LogP contribution >= 0.6 is 11.3 Å². The predicted octanol–water partition coefficient (Wildman–Crippen LogP) is 3.59. The smallest absolute Gasteiger partial charge is 0.263 e. The van der Waals surface area contributed by atoms with Gasteiger partial charge in [-0.1, -0.05) is 26.0 Å². The number of hydrogen-bond acceptors (Lipinski definition) is 5. The molecule has 7 heteroatoms. The van der Waals surface area contributed by atoms with E-state index in [0.29, 0.717) is 30.6 Å². The maximum atomic E-state index is 13.8. The van der Waals surface area contributed by atoms with Crippen LogP contribution in [0.1, 0.15) is 45.8 Å². The molecular weight excluding hydrogens is 377 g/mol. The normalized spacial score (nSPS) is 16.3. The van der Waals surface area contributed by atoms with Gasteiger partial charge in [0.25, 0.3) is 5.91 Å². The summed E-state index contributed by atoms with van der Waals surface area (Å²) in [7, 11) is 0. The molecule has 1 aromatic heterocycles. The Bertz CT molecular complexity index is 803. The molecule has 1 atom stereocenters. The Kier molecular flexibility index (Phi) is 7.15. The molecule has 1 fully saturated rings. The Balaban J connectivity index is 1.72. The Labute approximate surface area is 169 Å². The highest BCUT2D eigenvalue weighted by molar-refractivity contribution is 7.13. The van der Waals surface area contributed by atoms with Crippen molar-refractivity contribution in [3.63, 3.8) is 0 Å². The van der Waals surface area contributed by atoms with E-state index in [2.05, 4.69) is 29.0 Å². The Morgan fingerprint density at radius 3 is 2.79 bits per heavy atom. The molecule has 0 saturated carbocycles. The number of thiazole rings is 1. The zero-order valence-electron chi connectivity index (χ0n) is 16.7. The van der Waals surface area contributed by atoms with Gasteiger partial charge in [0.15, 0.2) is 0 Å². The molecule has 2 heterocycles. The molecule has 0 spiro atoms. The summed E-state index contributed by atoms with van der Waals surface area (Å²) in [5, 5.41) is 4.04. The molecule has 152 valence electrons. The van der Waals surface area contributed by atoms with Gasteiger partial charge in [-0.3, -0.25) is 9.69 Å². The van der Waals surface area contributed by atoms with Gasteiger partial charge in [-0.2, -0.15) is 0 Å². The van der Waals surface area contributed by atoms with E-state index in [4.69, 9.17) is 4.74 Å². The SMILES string of the molecule is Cc1nc(CC(C)C)sc1C(=O)NCC(c1cccc(F)c1)N1CCOCC1. The molecule has 2 aromatic rings. The number of morpholine rings is 1. The number of amides is 1. The summed E-state index contributed by atoms with van der Waals surface area (Å²) in [6.07, 6.45) is 0.873. The van der Waals surface area contributed by atoms with Gasteiger partial charge in [0.2, 0.25) is 0 Å². The fourth-order valence-electron chi connectivity index (χ4n) is 3.43. The molecule has 1 aliphatic heterocycles. The van der Waals surface area contributed by atoms with E-state index in [-0.39, 0.29) is 17.8 Å². The standard InChI is InChI=1S/C21H28FN3O2S/c1-14(2)11-19-24-15(3)20(28-19)21(26)23-13-18(25-7-9-27-10-8-25)16-5-4-6-17(22)12-16/h4-6,12,14,18H,7-11,13H2,1-3H3,(H,23,26). The van der Waals surface area contributed by atoms with Crippen LogP contribution in [0.15, 0.2) is 24.3 Å². The van der Waals surface area contributed by atoms with Gasteiger partial charge in [0.1, 0.15) is 10.7 Å². The van der Waals surface area contributed by atoms with Crippen molar-refractivity contribution in [2.24, 2.45) is 5.92 Å². The van der Waals surface area contributed by atoms with Gasteiger partial charge in [0.05, 0.1) is 30.0 Å². The number of benzene rings is 1. The fourth-order valence-corrected chi connectivity index (χ4v) is 4.62. The van der Waals surface area contributed by atoms with Crippen LogP contribution in [0.2, 0.25) is 0 Å². The van der Waals surface area contributed by atoms with Crippen LogP contribution < -0.4 is 5.32 Å². The molecular formula is C21H28FN3O2S. The lowest BCUT2D eigenvalue weighted by molar-refractivity contribution is 0.0162. The van der Waals surface area contributed by atoms with Crippen LogP contribution in [0.3, 0.4) is 0 Å². The van der Waals surface area contributed by atoms with E-state index >= 15 is 0 Å². The summed E-state index contributed by atoms with van der Waals surface area (Å²) >= 11 is 1.46.